The molecule has 1 rings (SSSR count). The van der Waals surface area contributed by atoms with Gasteiger partial charge in [0.15, 0.2) is 0 Å². The van der Waals surface area contributed by atoms with Crippen molar-refractivity contribution in [2.45, 2.75) is 13.5 Å². The summed E-state index contributed by atoms with van der Waals surface area (Å²) in [5.74, 6) is -0.163. The molecule has 0 aliphatic rings. The van der Waals surface area contributed by atoms with E-state index in [1.54, 1.807) is 0 Å². The molecule has 1 unspecified atom stereocenters. The van der Waals surface area contributed by atoms with Gasteiger partial charge >= 0.3 is 0 Å². The van der Waals surface area contributed by atoms with Crippen molar-refractivity contribution in [1.29, 1.82) is 0 Å². The monoisotopic (exact) mass is 233 g/mol. The van der Waals surface area contributed by atoms with Crippen molar-refractivity contribution < 1.29 is 8.78 Å². The fourth-order valence-electron chi connectivity index (χ4n) is 1.23. The number of hydrogen-bond acceptors (Lipinski definition) is 1. The molecule has 0 saturated carbocycles. The Balaban J connectivity index is 2.43. The first-order valence-electron chi connectivity index (χ1n) is 4.83. The fraction of sp³-hybridized carbons (Fsp3) is 0.455. The van der Waals surface area contributed by atoms with E-state index < -0.39 is 11.6 Å². The lowest BCUT2D eigenvalue weighted by molar-refractivity contribution is 0.547. The number of benzene rings is 1. The summed E-state index contributed by atoms with van der Waals surface area (Å²) in [6, 6.07) is 3.51. The van der Waals surface area contributed by atoms with Crippen LogP contribution >= 0.6 is 11.6 Å². The van der Waals surface area contributed by atoms with Crippen LogP contribution in [0, 0.1) is 17.6 Å². The van der Waals surface area contributed by atoms with Crippen molar-refractivity contribution in [3.05, 3.63) is 35.4 Å². The Hall–Kier alpha value is -0.670. The Bertz CT molecular complexity index is 297. The van der Waals surface area contributed by atoms with Gasteiger partial charge in [0.05, 0.1) is 0 Å². The van der Waals surface area contributed by atoms with Gasteiger partial charge in [0, 0.05) is 18.5 Å². The van der Waals surface area contributed by atoms with Gasteiger partial charge < -0.3 is 5.32 Å². The van der Waals surface area contributed by atoms with Crippen LogP contribution in [-0.4, -0.2) is 12.4 Å². The van der Waals surface area contributed by atoms with E-state index in [2.05, 4.69) is 5.32 Å². The molecule has 0 radical (unpaired) electrons. The summed E-state index contributed by atoms with van der Waals surface area (Å²) in [4.78, 5) is 0. The van der Waals surface area contributed by atoms with E-state index in [1.165, 1.54) is 12.1 Å². The van der Waals surface area contributed by atoms with Crippen LogP contribution in [0.15, 0.2) is 18.2 Å². The molecule has 0 fully saturated rings. The highest BCUT2D eigenvalue weighted by molar-refractivity contribution is 6.18. The van der Waals surface area contributed by atoms with Crippen molar-refractivity contribution in [3.8, 4) is 0 Å². The third kappa shape index (κ3) is 4.58. The SMILES string of the molecule is CC(CCl)CNCc1cc(F)cc(F)c1. The number of rotatable bonds is 5. The standard InChI is InChI=1S/C11H14ClF2N/c1-8(5-12)6-15-7-9-2-10(13)4-11(14)3-9/h2-4,8,15H,5-7H2,1H3. The van der Waals surface area contributed by atoms with E-state index in [1.807, 2.05) is 6.92 Å². The zero-order valence-electron chi connectivity index (χ0n) is 8.56. The molecule has 0 saturated heterocycles. The first-order chi connectivity index (χ1) is 7.11. The van der Waals surface area contributed by atoms with Gasteiger partial charge in [-0.15, -0.1) is 11.6 Å². The molecule has 0 bridgehead atoms. The van der Waals surface area contributed by atoms with Gasteiger partial charge in [-0.2, -0.15) is 0 Å². The van der Waals surface area contributed by atoms with Gasteiger partial charge in [-0.25, -0.2) is 8.78 Å². The number of nitrogens with one attached hydrogen (secondary N) is 1. The minimum absolute atomic E-state index is 0.352. The molecule has 1 aromatic rings. The zero-order chi connectivity index (χ0) is 11.3. The molecule has 0 amide bonds. The minimum atomic E-state index is -0.544. The number of hydrogen-bond donors (Lipinski definition) is 1. The Morgan fingerprint density at radius 2 is 1.87 bits per heavy atom. The molecular weight excluding hydrogens is 220 g/mol. The molecular formula is C11H14ClF2N. The average molecular weight is 234 g/mol. The van der Waals surface area contributed by atoms with Crippen molar-refractivity contribution in [2.75, 3.05) is 12.4 Å². The van der Waals surface area contributed by atoms with Crippen LogP contribution in [0.5, 0.6) is 0 Å². The lowest BCUT2D eigenvalue weighted by Crippen LogP contribution is -2.21. The topological polar surface area (TPSA) is 12.0 Å². The summed E-state index contributed by atoms with van der Waals surface area (Å²) in [7, 11) is 0. The van der Waals surface area contributed by atoms with E-state index >= 15 is 0 Å². The Morgan fingerprint density at radius 3 is 2.40 bits per heavy atom. The van der Waals surface area contributed by atoms with E-state index in [-0.39, 0.29) is 0 Å². The van der Waals surface area contributed by atoms with E-state index in [0.717, 1.165) is 12.6 Å². The average Bonchev–Trinajstić information content (AvgIpc) is 2.16. The molecule has 1 N–H and O–H groups in total. The smallest absolute Gasteiger partial charge is 0.126 e. The van der Waals surface area contributed by atoms with Crippen molar-refractivity contribution in [2.24, 2.45) is 5.92 Å². The molecule has 4 heteroatoms. The second kappa shape index (κ2) is 6.03. The van der Waals surface area contributed by atoms with Crippen molar-refractivity contribution >= 4 is 11.6 Å². The van der Waals surface area contributed by atoms with Crippen LogP contribution < -0.4 is 5.32 Å². The molecule has 0 spiro atoms. The Morgan fingerprint density at radius 1 is 1.27 bits per heavy atom. The van der Waals surface area contributed by atoms with Crippen LogP contribution in [0.3, 0.4) is 0 Å². The lowest BCUT2D eigenvalue weighted by Gasteiger charge is -2.09. The first-order valence-corrected chi connectivity index (χ1v) is 5.37. The second-order valence-electron chi connectivity index (χ2n) is 3.67. The first kappa shape index (κ1) is 12.4. The molecule has 1 aromatic carbocycles. The van der Waals surface area contributed by atoms with Crippen LogP contribution in [0.2, 0.25) is 0 Å². The van der Waals surface area contributed by atoms with Crippen molar-refractivity contribution in [1.82, 2.24) is 5.32 Å². The molecule has 84 valence electrons. The Labute approximate surface area is 93.4 Å². The molecule has 1 nitrogen and oxygen atoms in total. The van der Waals surface area contributed by atoms with Crippen LogP contribution in [-0.2, 0) is 6.54 Å². The molecule has 0 aromatic heterocycles. The second-order valence-corrected chi connectivity index (χ2v) is 3.98. The van der Waals surface area contributed by atoms with Gasteiger partial charge in [-0.05, 0) is 30.2 Å². The third-order valence-corrected chi connectivity index (χ3v) is 2.53. The van der Waals surface area contributed by atoms with Crippen LogP contribution in [0.1, 0.15) is 12.5 Å². The fourth-order valence-corrected chi connectivity index (χ4v) is 1.34. The summed E-state index contributed by atoms with van der Waals surface area (Å²) in [6.45, 7) is 3.20. The third-order valence-electron chi connectivity index (χ3n) is 2.01. The maximum Gasteiger partial charge on any atom is 0.126 e. The normalized spacial score (nSPS) is 12.8. The predicted molar refractivity (Wildman–Crippen MR) is 57.9 cm³/mol. The van der Waals surface area contributed by atoms with Gasteiger partial charge in [0.1, 0.15) is 11.6 Å². The minimum Gasteiger partial charge on any atom is -0.312 e. The molecule has 0 aliphatic heterocycles. The van der Waals surface area contributed by atoms with Crippen LogP contribution in [0.25, 0.3) is 0 Å². The summed E-state index contributed by atoms with van der Waals surface area (Å²) in [5, 5.41) is 3.09. The summed E-state index contributed by atoms with van der Waals surface area (Å²) in [5.41, 5.74) is 0.606. The van der Waals surface area contributed by atoms with Crippen LogP contribution in [0.4, 0.5) is 8.78 Å². The van der Waals surface area contributed by atoms with Gasteiger partial charge in [0.25, 0.3) is 0 Å². The largest absolute Gasteiger partial charge is 0.312 e. The highest BCUT2D eigenvalue weighted by Crippen LogP contribution is 2.07. The van der Waals surface area contributed by atoms with E-state index in [4.69, 9.17) is 11.6 Å². The van der Waals surface area contributed by atoms with Gasteiger partial charge in [0.2, 0.25) is 0 Å². The molecule has 1 atom stereocenters. The zero-order valence-corrected chi connectivity index (χ0v) is 9.32. The summed E-state index contributed by atoms with van der Waals surface area (Å²) < 4.78 is 25.6. The van der Waals surface area contributed by atoms with Gasteiger partial charge in [-0.1, -0.05) is 6.92 Å². The van der Waals surface area contributed by atoms with Crippen molar-refractivity contribution in [3.63, 3.8) is 0 Å². The predicted octanol–water partition coefficient (Wildman–Crippen LogP) is 2.93. The number of alkyl halides is 1. The highest BCUT2D eigenvalue weighted by atomic mass is 35.5. The molecule has 15 heavy (non-hydrogen) atoms. The van der Waals surface area contributed by atoms with E-state index in [9.17, 15) is 8.78 Å². The summed E-state index contributed by atoms with van der Waals surface area (Å²) >= 11 is 5.62. The molecule has 0 heterocycles. The highest BCUT2D eigenvalue weighted by Gasteiger charge is 2.02. The maximum absolute atomic E-state index is 12.8. The lowest BCUT2D eigenvalue weighted by atomic mass is 10.2. The van der Waals surface area contributed by atoms with Gasteiger partial charge in [-0.3, -0.25) is 0 Å². The maximum atomic E-state index is 12.8. The molecule has 0 aliphatic carbocycles. The van der Waals surface area contributed by atoms with E-state index in [0.29, 0.717) is 23.9 Å². The Kier molecular flexibility index (Phi) is 4.99. The summed E-state index contributed by atoms with van der Waals surface area (Å²) in [6.07, 6.45) is 0. The number of halogens is 3. The quantitative estimate of drug-likeness (QED) is 0.772.